The predicted molar refractivity (Wildman–Crippen MR) is 88.4 cm³/mol. The van der Waals surface area contributed by atoms with E-state index in [1.165, 1.54) is 45.7 Å². The summed E-state index contributed by atoms with van der Waals surface area (Å²) in [6.45, 7) is 3.31. The van der Waals surface area contributed by atoms with E-state index in [0.29, 0.717) is 0 Å². The highest BCUT2D eigenvalue weighted by Crippen LogP contribution is 2.25. The van der Waals surface area contributed by atoms with Crippen molar-refractivity contribution in [1.29, 1.82) is 0 Å². The summed E-state index contributed by atoms with van der Waals surface area (Å²) < 4.78 is 2.48. The van der Waals surface area contributed by atoms with Crippen LogP contribution in [0.5, 0.6) is 0 Å². The Morgan fingerprint density at radius 3 is 2.59 bits per heavy atom. The highest BCUT2D eigenvalue weighted by molar-refractivity contribution is 6.05. The number of hydrogen-bond acceptors (Lipinski definition) is 0. The van der Waals surface area contributed by atoms with E-state index in [1.807, 2.05) is 0 Å². The normalized spacial score (nSPS) is 11.1. The summed E-state index contributed by atoms with van der Waals surface area (Å²) in [5.41, 5.74) is 5.10. The summed E-state index contributed by atoms with van der Waals surface area (Å²) in [5.74, 6) is 0. The third kappa shape index (κ3) is 2.24. The number of halogens is 1. The van der Waals surface area contributed by atoms with E-state index in [0.717, 1.165) is 6.54 Å². The number of H-pyrrole nitrogens is 1. The smallest absolute Gasteiger partial charge is 0.238 e. The number of hydrogen-bond donors (Lipinski definition) is 1. The Bertz CT molecular complexity index is 940. The van der Waals surface area contributed by atoms with Crippen LogP contribution in [0.3, 0.4) is 0 Å². The fourth-order valence-electron chi connectivity index (χ4n) is 3.22. The summed E-state index contributed by atoms with van der Waals surface area (Å²) in [4.78, 5) is 3.57. The molecule has 2 aromatic heterocycles. The van der Waals surface area contributed by atoms with Crippen LogP contribution >= 0.6 is 0 Å². The largest absolute Gasteiger partial charge is 1.00 e. The number of aromatic nitrogens is 2. The number of aromatic amines is 1. The molecule has 0 atom stereocenters. The van der Waals surface area contributed by atoms with Gasteiger partial charge in [-0.2, -0.15) is 4.57 Å². The summed E-state index contributed by atoms with van der Waals surface area (Å²) >= 11 is 0. The molecule has 0 saturated carbocycles. The van der Waals surface area contributed by atoms with Crippen molar-refractivity contribution in [3.63, 3.8) is 0 Å². The van der Waals surface area contributed by atoms with Crippen molar-refractivity contribution in [2.75, 3.05) is 0 Å². The number of fused-ring (bicyclic) bond motifs is 4. The van der Waals surface area contributed by atoms with Crippen LogP contribution in [0.1, 0.15) is 19.8 Å². The third-order valence-electron chi connectivity index (χ3n) is 4.24. The van der Waals surface area contributed by atoms with Gasteiger partial charge in [0.05, 0.1) is 10.9 Å². The standard InChI is InChI=1S/C19H18N2.ClH/c1-2-3-12-21-18-11-7-4-8-14(18)13-17-19(21)15-9-5-6-10-16(15)20-17;/h4-11,13H,2-3,12H2,1H3;1H. The minimum atomic E-state index is 0. The molecule has 1 N–H and O–H groups in total. The van der Waals surface area contributed by atoms with Crippen molar-refractivity contribution in [3.8, 4) is 0 Å². The SMILES string of the molecule is CCCC[n+]1c2ccccc2cc2[nH]c3ccccc3c21.[Cl-]. The van der Waals surface area contributed by atoms with Crippen LogP contribution in [0.15, 0.2) is 54.6 Å². The van der Waals surface area contributed by atoms with E-state index in [4.69, 9.17) is 0 Å². The van der Waals surface area contributed by atoms with Gasteiger partial charge in [-0.05, 0) is 24.3 Å². The van der Waals surface area contributed by atoms with Gasteiger partial charge in [0, 0.05) is 17.9 Å². The summed E-state index contributed by atoms with van der Waals surface area (Å²) in [7, 11) is 0. The zero-order chi connectivity index (χ0) is 14.2. The average Bonchev–Trinajstić information content (AvgIpc) is 2.89. The van der Waals surface area contributed by atoms with E-state index >= 15 is 0 Å². The second kappa shape index (κ2) is 5.98. The van der Waals surface area contributed by atoms with Gasteiger partial charge in [0.2, 0.25) is 11.0 Å². The van der Waals surface area contributed by atoms with Crippen LogP contribution in [-0.2, 0) is 6.54 Å². The quantitative estimate of drug-likeness (QED) is 0.554. The highest BCUT2D eigenvalue weighted by atomic mass is 35.5. The Labute approximate surface area is 136 Å². The van der Waals surface area contributed by atoms with Crippen LogP contribution in [0.4, 0.5) is 0 Å². The molecule has 0 radical (unpaired) electrons. The molecule has 0 saturated heterocycles. The first-order valence-corrected chi connectivity index (χ1v) is 7.70. The molecule has 22 heavy (non-hydrogen) atoms. The fraction of sp³-hybridized carbons (Fsp3) is 0.211. The van der Waals surface area contributed by atoms with Crippen molar-refractivity contribution in [2.45, 2.75) is 26.3 Å². The molecule has 0 aliphatic carbocycles. The molecule has 0 fully saturated rings. The zero-order valence-electron chi connectivity index (χ0n) is 12.6. The van der Waals surface area contributed by atoms with E-state index < -0.39 is 0 Å². The second-order valence-corrected chi connectivity index (χ2v) is 5.64. The van der Waals surface area contributed by atoms with Crippen LogP contribution in [0.2, 0.25) is 0 Å². The Morgan fingerprint density at radius 2 is 1.73 bits per heavy atom. The molecule has 2 aromatic carbocycles. The van der Waals surface area contributed by atoms with E-state index in [9.17, 15) is 0 Å². The van der Waals surface area contributed by atoms with E-state index in [1.54, 1.807) is 0 Å². The Morgan fingerprint density at radius 1 is 0.955 bits per heavy atom. The van der Waals surface area contributed by atoms with Crippen molar-refractivity contribution in [3.05, 3.63) is 54.6 Å². The number of rotatable bonds is 3. The molecule has 0 aliphatic heterocycles. The van der Waals surface area contributed by atoms with Gasteiger partial charge in [-0.15, -0.1) is 0 Å². The Balaban J connectivity index is 0.00000144. The summed E-state index contributed by atoms with van der Waals surface area (Å²) in [6.07, 6.45) is 2.41. The van der Waals surface area contributed by atoms with Crippen LogP contribution in [0.25, 0.3) is 32.8 Å². The van der Waals surface area contributed by atoms with Crippen molar-refractivity contribution in [2.24, 2.45) is 0 Å². The molecule has 0 unspecified atom stereocenters. The van der Waals surface area contributed by atoms with Crippen LogP contribution < -0.4 is 17.0 Å². The van der Waals surface area contributed by atoms with Gasteiger partial charge in [0.15, 0.2) is 0 Å². The molecule has 3 heteroatoms. The highest BCUT2D eigenvalue weighted by Gasteiger charge is 2.19. The minimum Gasteiger partial charge on any atom is -1.00 e. The molecule has 0 aliphatic rings. The first kappa shape index (κ1) is 14.9. The maximum atomic E-state index is 3.57. The minimum absolute atomic E-state index is 0. The maximum Gasteiger partial charge on any atom is 0.238 e. The van der Waals surface area contributed by atoms with Crippen molar-refractivity contribution >= 4 is 32.8 Å². The number of nitrogens with zero attached hydrogens (tertiary/aromatic N) is 1. The maximum absolute atomic E-state index is 3.57. The molecule has 112 valence electrons. The number of nitrogens with one attached hydrogen (secondary N) is 1. The third-order valence-corrected chi connectivity index (χ3v) is 4.24. The molecule has 4 rings (SSSR count). The number of unbranched alkanes of at least 4 members (excludes halogenated alkanes) is 1. The zero-order valence-corrected chi connectivity index (χ0v) is 13.4. The lowest BCUT2D eigenvalue weighted by molar-refractivity contribution is -0.645. The summed E-state index contributed by atoms with van der Waals surface area (Å²) in [5, 5.41) is 2.61. The lowest BCUT2D eigenvalue weighted by Crippen LogP contribution is -3.00. The predicted octanol–water partition coefficient (Wildman–Crippen LogP) is 1.57. The lowest BCUT2D eigenvalue weighted by Gasteiger charge is -2.03. The van der Waals surface area contributed by atoms with Gasteiger partial charge in [-0.25, -0.2) is 0 Å². The number of benzene rings is 2. The molecule has 0 bridgehead atoms. The lowest BCUT2D eigenvalue weighted by atomic mass is 10.1. The average molecular weight is 311 g/mol. The van der Waals surface area contributed by atoms with Gasteiger partial charge >= 0.3 is 0 Å². The Kier molecular flexibility index (Phi) is 4.04. The molecule has 0 amide bonds. The topological polar surface area (TPSA) is 19.7 Å². The van der Waals surface area contributed by atoms with Gasteiger partial charge < -0.3 is 17.4 Å². The van der Waals surface area contributed by atoms with Gasteiger partial charge in [0.1, 0.15) is 12.1 Å². The van der Waals surface area contributed by atoms with Crippen LogP contribution in [0, 0.1) is 0 Å². The van der Waals surface area contributed by atoms with Gasteiger partial charge in [-0.1, -0.05) is 37.6 Å². The first-order chi connectivity index (χ1) is 10.4. The second-order valence-electron chi connectivity index (χ2n) is 5.64. The number of aryl methyl sites for hydroxylation is 1. The molecule has 0 spiro atoms. The fourth-order valence-corrected chi connectivity index (χ4v) is 3.22. The monoisotopic (exact) mass is 310 g/mol. The van der Waals surface area contributed by atoms with Crippen molar-refractivity contribution in [1.82, 2.24) is 4.98 Å². The molecule has 2 heterocycles. The molecule has 4 aromatic rings. The van der Waals surface area contributed by atoms with Gasteiger partial charge in [0.25, 0.3) is 0 Å². The van der Waals surface area contributed by atoms with Crippen molar-refractivity contribution < 1.29 is 17.0 Å². The van der Waals surface area contributed by atoms with Crippen LogP contribution in [-0.4, -0.2) is 4.98 Å². The van der Waals surface area contributed by atoms with Gasteiger partial charge in [-0.3, -0.25) is 0 Å². The van der Waals surface area contributed by atoms with E-state index in [-0.39, 0.29) is 12.4 Å². The molecular weight excluding hydrogens is 292 g/mol. The number of pyridine rings is 1. The molecular formula is C19H19ClN2. The first-order valence-electron chi connectivity index (χ1n) is 7.70. The number of para-hydroxylation sites is 2. The molecule has 2 nitrogen and oxygen atoms in total. The summed E-state index contributed by atoms with van der Waals surface area (Å²) in [6, 6.07) is 19.5. The Hall–Kier alpha value is -2.06. The van der Waals surface area contributed by atoms with E-state index in [2.05, 4.69) is 71.1 Å².